The minimum atomic E-state index is -1.83. The Morgan fingerprint density at radius 1 is 0.932 bits per heavy atom. The van der Waals surface area contributed by atoms with Crippen LogP contribution >= 0.6 is 0 Å². The summed E-state index contributed by atoms with van der Waals surface area (Å²) in [6.07, 6.45) is -9.97. The first-order valence-corrected chi connectivity index (χ1v) is 21.4. The van der Waals surface area contributed by atoms with E-state index >= 15 is 0 Å². The molecular formula is C42H81N3O14. The number of likely N-dealkylation sites (N-methyl/N-ethyl adjacent to an activating group) is 3. The third-order valence-electron chi connectivity index (χ3n) is 13.4. The van der Waals surface area contributed by atoms with Crippen LogP contribution in [0.15, 0.2) is 0 Å². The van der Waals surface area contributed by atoms with Gasteiger partial charge in [-0.3, -0.25) is 9.69 Å². The van der Waals surface area contributed by atoms with Crippen LogP contribution in [0.5, 0.6) is 0 Å². The Morgan fingerprint density at radius 3 is 2.14 bits per heavy atom. The van der Waals surface area contributed by atoms with Crippen molar-refractivity contribution >= 4 is 5.97 Å². The predicted octanol–water partition coefficient (Wildman–Crippen LogP) is 1.13. The highest BCUT2D eigenvalue weighted by atomic mass is 16.7. The number of nitrogens with zero attached hydrogens (tertiary/aromatic N) is 3. The number of aliphatic hydroxyl groups excluding tert-OH is 4. The average molecular weight is 852 g/mol. The van der Waals surface area contributed by atoms with Crippen LogP contribution in [-0.4, -0.2) is 203 Å². The number of hydrogen-bond donors (Lipinski definition) is 6. The van der Waals surface area contributed by atoms with Gasteiger partial charge < -0.3 is 68.8 Å². The summed E-state index contributed by atoms with van der Waals surface area (Å²) in [5.74, 6) is -2.78. The minimum absolute atomic E-state index is 0.101. The number of esters is 1. The summed E-state index contributed by atoms with van der Waals surface area (Å²) in [5.41, 5.74) is -4.52. The van der Waals surface area contributed by atoms with Gasteiger partial charge >= 0.3 is 5.97 Å². The fourth-order valence-corrected chi connectivity index (χ4v) is 9.56. The van der Waals surface area contributed by atoms with E-state index in [2.05, 4.69) is 0 Å². The standard InChI is InChI=1S/C42H81N3O14/c1-16-31-42(10,52)35(48)27(6)43(11)20-23(2)18-40(8,51)37(59-39-33(47)30(17-24(3)55-39)44(12)21-29(46)22-45(13)54-15)25(4)34(26(5)38(50)57-31)58-32-19-41(9,53-14)36(49)28(7)56-32/h23-37,39,46-49,51-52H,16-22H2,1-15H3/t23-,24-,25+,26-,27-,28+,29?,30?,31-,32+,33-,34+,35-,36+,37-,39+,40-,41-,42-/m1/s1. The van der Waals surface area contributed by atoms with Crippen molar-refractivity contribution in [3.8, 4) is 0 Å². The molecule has 3 aliphatic heterocycles. The van der Waals surface area contributed by atoms with Gasteiger partial charge in [0.1, 0.15) is 30.0 Å². The van der Waals surface area contributed by atoms with E-state index < -0.39 is 108 Å². The fraction of sp³-hybridized carbons (Fsp3) is 0.976. The topological polar surface area (TPSA) is 213 Å². The van der Waals surface area contributed by atoms with Gasteiger partial charge in [-0.05, 0) is 87.7 Å². The van der Waals surface area contributed by atoms with Crippen molar-refractivity contribution < 1.29 is 68.7 Å². The lowest BCUT2D eigenvalue weighted by Gasteiger charge is -2.49. The Kier molecular flexibility index (Phi) is 19.0. The molecule has 0 radical (unpaired) electrons. The van der Waals surface area contributed by atoms with Gasteiger partial charge in [0.15, 0.2) is 12.6 Å². The molecule has 3 rings (SSSR count). The molecule has 3 saturated heterocycles. The molecule has 0 aromatic carbocycles. The predicted molar refractivity (Wildman–Crippen MR) is 219 cm³/mol. The van der Waals surface area contributed by atoms with Gasteiger partial charge in [0.05, 0.1) is 61.3 Å². The first-order chi connectivity index (χ1) is 27.2. The van der Waals surface area contributed by atoms with E-state index in [-0.39, 0.29) is 44.4 Å². The molecule has 3 fully saturated rings. The largest absolute Gasteiger partial charge is 0.459 e. The lowest BCUT2D eigenvalue weighted by molar-refractivity contribution is -0.318. The zero-order valence-electron chi connectivity index (χ0n) is 38.5. The molecule has 59 heavy (non-hydrogen) atoms. The van der Waals surface area contributed by atoms with Gasteiger partial charge in [-0.1, -0.05) is 20.8 Å². The van der Waals surface area contributed by atoms with Gasteiger partial charge in [-0.15, -0.1) is 0 Å². The monoisotopic (exact) mass is 852 g/mol. The van der Waals surface area contributed by atoms with Crippen LogP contribution in [0, 0.1) is 17.8 Å². The molecule has 348 valence electrons. The molecule has 17 nitrogen and oxygen atoms in total. The maximum absolute atomic E-state index is 14.3. The van der Waals surface area contributed by atoms with Gasteiger partial charge in [0, 0.05) is 51.7 Å². The van der Waals surface area contributed by atoms with Crippen LogP contribution in [0.4, 0.5) is 0 Å². The molecule has 0 aromatic heterocycles. The molecule has 3 aliphatic rings. The van der Waals surface area contributed by atoms with Gasteiger partial charge in [0.25, 0.3) is 0 Å². The first-order valence-electron chi connectivity index (χ1n) is 21.4. The summed E-state index contributed by atoms with van der Waals surface area (Å²) in [5, 5.41) is 71.3. The van der Waals surface area contributed by atoms with Crippen LogP contribution < -0.4 is 0 Å². The second-order valence-corrected chi connectivity index (χ2v) is 18.8. The van der Waals surface area contributed by atoms with Crippen molar-refractivity contribution in [3.05, 3.63) is 0 Å². The van der Waals surface area contributed by atoms with E-state index in [9.17, 15) is 35.4 Å². The SMILES string of the molecule is CC[C@H]1OC(=O)[C@H](C)[C@@H](O[C@H]2C[C@@](C)(OC)[C@@H](O)[C@H](C)O2)[C@H](C)[C@@H](O[C@@H]2O[C@H](C)CC(N(C)CC(O)CN(C)OC)[C@H]2O)[C@](C)(O)C[C@@H](C)CN(C)[C@H](C)[C@@H](O)[C@]1(C)O. The van der Waals surface area contributed by atoms with E-state index in [0.717, 1.165) is 0 Å². The zero-order chi connectivity index (χ0) is 44.9. The number of hydroxylamine groups is 2. The number of aliphatic hydroxyl groups is 6. The molecule has 3 heterocycles. The van der Waals surface area contributed by atoms with Gasteiger partial charge in [0.2, 0.25) is 0 Å². The maximum Gasteiger partial charge on any atom is 0.311 e. The molecule has 19 atom stereocenters. The van der Waals surface area contributed by atoms with Crippen LogP contribution in [-0.2, 0) is 38.1 Å². The second-order valence-electron chi connectivity index (χ2n) is 18.8. The van der Waals surface area contributed by atoms with Crippen molar-refractivity contribution in [2.75, 3.05) is 55.0 Å². The minimum Gasteiger partial charge on any atom is -0.459 e. The summed E-state index contributed by atoms with van der Waals surface area (Å²) in [6, 6.07) is -1.07. The molecule has 0 bridgehead atoms. The molecule has 6 N–H and O–H groups in total. The Morgan fingerprint density at radius 2 is 1.56 bits per heavy atom. The number of carbonyl (C=O) groups excluding carboxylic acids is 1. The van der Waals surface area contributed by atoms with Crippen molar-refractivity contribution in [3.63, 3.8) is 0 Å². The van der Waals surface area contributed by atoms with E-state index in [0.29, 0.717) is 13.0 Å². The number of ether oxygens (including phenoxy) is 6. The summed E-state index contributed by atoms with van der Waals surface area (Å²) in [4.78, 5) is 23.3. The lowest BCUT2D eigenvalue weighted by atomic mass is 9.77. The molecule has 0 aromatic rings. The highest BCUT2D eigenvalue weighted by Gasteiger charge is 2.53. The Balaban J connectivity index is 2.14. The van der Waals surface area contributed by atoms with Crippen LogP contribution in [0.3, 0.4) is 0 Å². The van der Waals surface area contributed by atoms with Crippen molar-refractivity contribution in [2.24, 2.45) is 17.8 Å². The summed E-state index contributed by atoms with van der Waals surface area (Å²) in [6.45, 7) is 18.3. The number of hydrogen-bond acceptors (Lipinski definition) is 17. The Hall–Kier alpha value is -1.13. The van der Waals surface area contributed by atoms with Crippen molar-refractivity contribution in [1.29, 1.82) is 0 Å². The highest BCUT2D eigenvalue weighted by Crippen LogP contribution is 2.40. The average Bonchev–Trinajstić information content (AvgIpc) is 3.15. The second kappa shape index (κ2) is 21.5. The van der Waals surface area contributed by atoms with E-state index in [1.807, 2.05) is 37.7 Å². The van der Waals surface area contributed by atoms with Crippen LogP contribution in [0.1, 0.15) is 94.9 Å². The van der Waals surface area contributed by atoms with Crippen LogP contribution in [0.25, 0.3) is 0 Å². The molecule has 0 saturated carbocycles. The molecule has 17 heteroatoms. The third kappa shape index (κ3) is 12.8. The van der Waals surface area contributed by atoms with Crippen LogP contribution in [0.2, 0.25) is 0 Å². The number of rotatable bonds is 12. The number of carbonyl (C=O) groups is 1. The summed E-state index contributed by atoms with van der Waals surface area (Å²) in [7, 11) is 8.37. The van der Waals surface area contributed by atoms with Crippen molar-refractivity contribution in [2.45, 2.75) is 191 Å². The number of cyclic esters (lactones) is 1. The summed E-state index contributed by atoms with van der Waals surface area (Å²) >= 11 is 0. The van der Waals surface area contributed by atoms with E-state index in [4.69, 9.17) is 33.3 Å². The van der Waals surface area contributed by atoms with E-state index in [1.165, 1.54) is 26.2 Å². The maximum atomic E-state index is 14.3. The quantitative estimate of drug-likeness (QED) is 0.120. The molecular weight excluding hydrogens is 770 g/mol. The normalized spacial score (nSPS) is 45.8. The molecule has 2 unspecified atom stereocenters. The van der Waals surface area contributed by atoms with Gasteiger partial charge in [-0.25, -0.2) is 0 Å². The molecule has 0 amide bonds. The number of methoxy groups -OCH3 is 1. The Bertz CT molecular complexity index is 1300. The fourth-order valence-electron chi connectivity index (χ4n) is 9.56. The van der Waals surface area contributed by atoms with Gasteiger partial charge in [-0.2, -0.15) is 5.06 Å². The highest BCUT2D eigenvalue weighted by molar-refractivity contribution is 5.73. The zero-order valence-corrected chi connectivity index (χ0v) is 38.5. The molecule has 0 aliphatic carbocycles. The van der Waals surface area contributed by atoms with Crippen molar-refractivity contribution in [1.82, 2.24) is 14.9 Å². The third-order valence-corrected chi connectivity index (χ3v) is 13.4. The molecule has 0 spiro atoms. The van der Waals surface area contributed by atoms with E-state index in [1.54, 1.807) is 55.5 Å². The lowest BCUT2D eigenvalue weighted by Crippen LogP contribution is -2.61. The first kappa shape index (κ1) is 52.2. The smallest absolute Gasteiger partial charge is 0.311 e. The summed E-state index contributed by atoms with van der Waals surface area (Å²) < 4.78 is 37.9. The Labute approximate surface area is 353 Å².